The van der Waals surface area contributed by atoms with Gasteiger partial charge in [-0.1, -0.05) is 66.2 Å². The summed E-state index contributed by atoms with van der Waals surface area (Å²) in [5.74, 6) is -0.567. The number of nitrogens with one attached hydrogen (secondary N) is 1. The van der Waals surface area contributed by atoms with E-state index in [0.29, 0.717) is 11.3 Å². The minimum absolute atomic E-state index is 0.00143. The summed E-state index contributed by atoms with van der Waals surface area (Å²) in [5, 5.41) is 2.70. The molecule has 27 heavy (non-hydrogen) atoms. The Labute approximate surface area is 158 Å². The Morgan fingerprint density at radius 2 is 1.41 bits per heavy atom. The average molecular weight is 381 g/mol. The molecule has 0 aliphatic carbocycles. The van der Waals surface area contributed by atoms with Crippen molar-refractivity contribution in [2.24, 2.45) is 0 Å². The Morgan fingerprint density at radius 3 is 2.00 bits per heavy atom. The van der Waals surface area contributed by atoms with Gasteiger partial charge in [-0.05, 0) is 36.8 Å². The average Bonchev–Trinajstić information content (AvgIpc) is 2.68. The van der Waals surface area contributed by atoms with Gasteiger partial charge in [-0.3, -0.25) is 4.79 Å². The number of benzene rings is 3. The maximum absolute atomic E-state index is 12.8. The van der Waals surface area contributed by atoms with E-state index in [0.717, 1.165) is 5.56 Å². The number of para-hydroxylation sites is 1. The fraction of sp³-hybridized carbons (Fsp3) is 0.0952. The van der Waals surface area contributed by atoms with E-state index in [1.807, 2.05) is 13.0 Å². The van der Waals surface area contributed by atoms with Crippen molar-refractivity contribution in [3.63, 3.8) is 0 Å². The Hall–Kier alpha value is -2.96. The van der Waals surface area contributed by atoms with Crippen LogP contribution in [-0.2, 0) is 19.1 Å². The standard InChI is InChI=1S/C21H19NO4S/c1-16-12-14-19(15-13-16)27(24,25)26-20(17-8-4-2-5-9-17)21(23)22-18-10-6-3-7-11-18/h2-15,20H,1H3,(H,22,23)/t20-/m0/s1. The van der Waals surface area contributed by atoms with Gasteiger partial charge in [0, 0.05) is 5.69 Å². The van der Waals surface area contributed by atoms with Crippen LogP contribution in [0.2, 0.25) is 0 Å². The zero-order valence-corrected chi connectivity index (χ0v) is 15.5. The molecule has 0 heterocycles. The smallest absolute Gasteiger partial charge is 0.298 e. The number of anilines is 1. The van der Waals surface area contributed by atoms with Gasteiger partial charge in [0.25, 0.3) is 16.0 Å². The molecule has 0 radical (unpaired) electrons. The molecule has 3 aromatic carbocycles. The van der Waals surface area contributed by atoms with E-state index in [4.69, 9.17) is 4.18 Å². The summed E-state index contributed by atoms with van der Waals surface area (Å²) in [6.07, 6.45) is -1.31. The van der Waals surface area contributed by atoms with Gasteiger partial charge in [-0.15, -0.1) is 0 Å². The van der Waals surface area contributed by atoms with Crippen molar-refractivity contribution in [1.29, 1.82) is 0 Å². The molecule has 138 valence electrons. The molecule has 0 spiro atoms. The maximum atomic E-state index is 12.8. The summed E-state index contributed by atoms with van der Waals surface area (Å²) in [4.78, 5) is 12.8. The van der Waals surface area contributed by atoms with E-state index in [2.05, 4.69) is 5.32 Å². The molecule has 0 unspecified atom stereocenters. The van der Waals surface area contributed by atoms with E-state index in [1.165, 1.54) is 12.1 Å². The molecule has 5 nitrogen and oxygen atoms in total. The number of aryl methyl sites for hydroxylation is 1. The predicted molar refractivity (Wildman–Crippen MR) is 104 cm³/mol. The third kappa shape index (κ3) is 4.81. The molecule has 6 heteroatoms. The SMILES string of the molecule is Cc1ccc(S(=O)(=O)O[C@H](C(=O)Nc2ccccc2)c2ccccc2)cc1. The zero-order valence-electron chi connectivity index (χ0n) is 14.7. The van der Waals surface area contributed by atoms with Crippen LogP contribution in [0, 0.1) is 6.92 Å². The van der Waals surface area contributed by atoms with E-state index < -0.39 is 22.1 Å². The molecular weight excluding hydrogens is 362 g/mol. The van der Waals surface area contributed by atoms with E-state index in [9.17, 15) is 13.2 Å². The van der Waals surface area contributed by atoms with Crippen molar-refractivity contribution in [3.8, 4) is 0 Å². The molecule has 0 bridgehead atoms. The predicted octanol–water partition coefficient (Wildman–Crippen LogP) is 4.08. The number of carbonyl (C=O) groups is 1. The summed E-state index contributed by atoms with van der Waals surface area (Å²) in [7, 11) is -4.12. The lowest BCUT2D eigenvalue weighted by atomic mass is 10.1. The second kappa shape index (κ2) is 8.16. The lowest BCUT2D eigenvalue weighted by Crippen LogP contribution is -2.26. The van der Waals surface area contributed by atoms with Crippen molar-refractivity contribution >= 4 is 21.7 Å². The van der Waals surface area contributed by atoms with Crippen LogP contribution in [0.15, 0.2) is 89.8 Å². The molecule has 1 amide bonds. The van der Waals surface area contributed by atoms with Gasteiger partial charge in [0.15, 0.2) is 6.10 Å². The van der Waals surface area contributed by atoms with Crippen LogP contribution in [-0.4, -0.2) is 14.3 Å². The minimum atomic E-state index is -4.12. The normalized spacial score (nSPS) is 12.3. The molecule has 1 N–H and O–H groups in total. The Bertz CT molecular complexity index is 1000. The summed E-state index contributed by atoms with van der Waals surface area (Å²) < 4.78 is 30.7. The first-order valence-electron chi connectivity index (χ1n) is 8.36. The van der Waals surface area contributed by atoms with Gasteiger partial charge in [-0.2, -0.15) is 8.42 Å². The molecular formula is C21H19NO4S. The first-order valence-corrected chi connectivity index (χ1v) is 9.77. The lowest BCUT2D eigenvalue weighted by Gasteiger charge is -2.18. The third-order valence-corrected chi connectivity index (χ3v) is 5.21. The first-order chi connectivity index (χ1) is 13.0. The van der Waals surface area contributed by atoms with Crippen molar-refractivity contribution in [3.05, 3.63) is 96.1 Å². The van der Waals surface area contributed by atoms with Crippen LogP contribution in [0.1, 0.15) is 17.2 Å². The van der Waals surface area contributed by atoms with Crippen molar-refractivity contribution in [2.45, 2.75) is 17.9 Å². The molecule has 0 fully saturated rings. The molecule has 0 aliphatic rings. The Balaban J connectivity index is 1.90. The largest absolute Gasteiger partial charge is 0.323 e. The third-order valence-electron chi connectivity index (χ3n) is 3.91. The number of hydrogen-bond acceptors (Lipinski definition) is 4. The number of hydrogen-bond donors (Lipinski definition) is 1. The lowest BCUT2D eigenvalue weighted by molar-refractivity contribution is -0.122. The van der Waals surface area contributed by atoms with E-state index in [-0.39, 0.29) is 4.90 Å². The first kappa shape index (κ1) is 18.8. The van der Waals surface area contributed by atoms with Gasteiger partial charge in [0.05, 0.1) is 4.90 Å². The number of rotatable bonds is 6. The maximum Gasteiger partial charge on any atom is 0.298 e. The fourth-order valence-electron chi connectivity index (χ4n) is 2.49. The summed E-state index contributed by atoms with van der Waals surface area (Å²) >= 11 is 0. The van der Waals surface area contributed by atoms with Gasteiger partial charge in [0.1, 0.15) is 0 Å². The summed E-state index contributed by atoms with van der Waals surface area (Å²) in [5.41, 5.74) is 1.93. The second-order valence-electron chi connectivity index (χ2n) is 6.01. The van der Waals surface area contributed by atoms with E-state index in [1.54, 1.807) is 66.7 Å². The quantitative estimate of drug-likeness (QED) is 0.653. The number of amides is 1. The van der Waals surface area contributed by atoms with Crippen LogP contribution in [0.5, 0.6) is 0 Å². The highest BCUT2D eigenvalue weighted by atomic mass is 32.2. The van der Waals surface area contributed by atoms with Crippen LogP contribution in [0.3, 0.4) is 0 Å². The highest BCUT2D eigenvalue weighted by molar-refractivity contribution is 7.86. The highest BCUT2D eigenvalue weighted by Gasteiger charge is 2.29. The highest BCUT2D eigenvalue weighted by Crippen LogP contribution is 2.25. The van der Waals surface area contributed by atoms with Crippen LogP contribution in [0.25, 0.3) is 0 Å². The summed E-state index contributed by atoms with van der Waals surface area (Å²) in [6, 6.07) is 23.6. The van der Waals surface area contributed by atoms with Gasteiger partial charge in [0.2, 0.25) is 0 Å². The monoisotopic (exact) mass is 381 g/mol. The van der Waals surface area contributed by atoms with Gasteiger partial charge >= 0.3 is 0 Å². The molecule has 0 aromatic heterocycles. The van der Waals surface area contributed by atoms with Crippen LogP contribution < -0.4 is 5.32 Å². The molecule has 3 aromatic rings. The van der Waals surface area contributed by atoms with Crippen LogP contribution >= 0.6 is 0 Å². The second-order valence-corrected chi connectivity index (χ2v) is 7.58. The van der Waals surface area contributed by atoms with Gasteiger partial charge < -0.3 is 5.32 Å². The molecule has 0 saturated carbocycles. The fourth-order valence-corrected chi connectivity index (χ4v) is 3.53. The van der Waals surface area contributed by atoms with Gasteiger partial charge in [-0.25, -0.2) is 4.18 Å². The molecule has 0 saturated heterocycles. The topological polar surface area (TPSA) is 72.5 Å². The number of carbonyl (C=O) groups excluding carboxylic acids is 1. The molecule has 3 rings (SSSR count). The Morgan fingerprint density at radius 1 is 0.852 bits per heavy atom. The zero-order chi connectivity index (χ0) is 19.3. The van der Waals surface area contributed by atoms with Crippen molar-refractivity contribution in [1.82, 2.24) is 0 Å². The van der Waals surface area contributed by atoms with E-state index >= 15 is 0 Å². The van der Waals surface area contributed by atoms with Crippen LogP contribution in [0.4, 0.5) is 5.69 Å². The minimum Gasteiger partial charge on any atom is -0.323 e. The van der Waals surface area contributed by atoms with Crippen molar-refractivity contribution < 1.29 is 17.4 Å². The van der Waals surface area contributed by atoms with Crippen molar-refractivity contribution in [2.75, 3.05) is 5.32 Å². The molecule has 0 aliphatic heterocycles. The molecule has 1 atom stereocenters. The Kier molecular flexibility index (Phi) is 5.69. The summed E-state index contributed by atoms with van der Waals surface area (Å²) in [6.45, 7) is 1.86.